The van der Waals surface area contributed by atoms with Crippen LogP contribution in [-0.2, 0) is 0 Å². The van der Waals surface area contributed by atoms with Gasteiger partial charge in [0, 0.05) is 11.1 Å². The molecule has 0 aliphatic heterocycles. The highest BCUT2D eigenvalue weighted by atomic mass is 15.4. The number of aryl methyl sites for hydroxylation is 1. The number of hydrogen-bond acceptors (Lipinski definition) is 4. The van der Waals surface area contributed by atoms with Crippen LogP contribution < -0.4 is 5.73 Å². The van der Waals surface area contributed by atoms with Crippen LogP contribution in [0.25, 0.3) is 16.6 Å². The van der Waals surface area contributed by atoms with E-state index in [2.05, 4.69) is 28.3 Å². The quantitative estimate of drug-likeness (QED) is 0.798. The van der Waals surface area contributed by atoms with E-state index < -0.39 is 0 Å². The summed E-state index contributed by atoms with van der Waals surface area (Å²) in [4.78, 5) is 4.62. The van der Waals surface area contributed by atoms with Gasteiger partial charge in [0.25, 0.3) is 0 Å². The Hall–Kier alpha value is -2.27. The van der Waals surface area contributed by atoms with E-state index in [0.29, 0.717) is 0 Å². The molecule has 1 atom stereocenters. The van der Waals surface area contributed by atoms with E-state index in [9.17, 15) is 0 Å². The van der Waals surface area contributed by atoms with Crippen LogP contribution in [0.2, 0.25) is 0 Å². The number of fused-ring (bicyclic) bond motifs is 1. The van der Waals surface area contributed by atoms with Gasteiger partial charge < -0.3 is 5.73 Å². The molecule has 5 nitrogen and oxygen atoms in total. The Labute approximate surface area is 123 Å². The number of aromatic nitrogens is 4. The minimum atomic E-state index is -0.0616. The van der Waals surface area contributed by atoms with Gasteiger partial charge in [0.05, 0.1) is 29.1 Å². The summed E-state index contributed by atoms with van der Waals surface area (Å²) in [6.45, 7) is 4.10. The Morgan fingerprint density at radius 1 is 1.24 bits per heavy atom. The summed E-state index contributed by atoms with van der Waals surface area (Å²) in [6, 6.07) is 10.1. The lowest BCUT2D eigenvalue weighted by Crippen LogP contribution is -2.10. The highest BCUT2D eigenvalue weighted by Gasteiger charge is 2.12. The minimum absolute atomic E-state index is 0.0616. The number of pyridine rings is 1. The molecule has 0 fully saturated rings. The van der Waals surface area contributed by atoms with Crippen LogP contribution in [0, 0.1) is 6.92 Å². The van der Waals surface area contributed by atoms with Crippen LogP contribution in [0.3, 0.4) is 0 Å². The molecule has 2 aromatic heterocycles. The Morgan fingerprint density at radius 3 is 2.90 bits per heavy atom. The van der Waals surface area contributed by atoms with E-state index in [4.69, 9.17) is 5.73 Å². The lowest BCUT2D eigenvalue weighted by Gasteiger charge is -2.06. The van der Waals surface area contributed by atoms with E-state index in [1.165, 1.54) is 0 Å². The molecule has 0 saturated heterocycles. The summed E-state index contributed by atoms with van der Waals surface area (Å²) in [6.07, 6.45) is 3.84. The maximum absolute atomic E-state index is 6.10. The molecule has 21 heavy (non-hydrogen) atoms. The van der Waals surface area contributed by atoms with Crippen molar-refractivity contribution < 1.29 is 0 Å². The molecule has 1 unspecified atom stereocenters. The molecule has 0 radical (unpaired) electrons. The number of benzene rings is 1. The zero-order valence-corrected chi connectivity index (χ0v) is 12.3. The van der Waals surface area contributed by atoms with E-state index in [1.54, 1.807) is 4.68 Å². The van der Waals surface area contributed by atoms with Crippen molar-refractivity contribution in [3.05, 3.63) is 47.9 Å². The van der Waals surface area contributed by atoms with E-state index in [1.807, 2.05) is 37.4 Å². The Bertz CT molecular complexity index is 762. The van der Waals surface area contributed by atoms with Crippen molar-refractivity contribution in [1.82, 2.24) is 20.0 Å². The van der Waals surface area contributed by atoms with Gasteiger partial charge in [-0.25, -0.2) is 4.68 Å². The number of nitrogens with zero attached hydrogens (tertiary/aromatic N) is 4. The maximum atomic E-state index is 6.10. The van der Waals surface area contributed by atoms with Crippen molar-refractivity contribution >= 4 is 10.9 Å². The standard InChI is InChI=1S/C16H19N5/c1-3-5-13(17)14-10-21(20-19-14)15-7-4-6-12-9-8-11(2)18-16(12)15/h4,6-10,13H,3,5,17H2,1-2H3. The fourth-order valence-corrected chi connectivity index (χ4v) is 2.44. The van der Waals surface area contributed by atoms with Crippen molar-refractivity contribution in [3.63, 3.8) is 0 Å². The van der Waals surface area contributed by atoms with Gasteiger partial charge in [-0.3, -0.25) is 4.98 Å². The van der Waals surface area contributed by atoms with Gasteiger partial charge in [0.1, 0.15) is 0 Å². The Morgan fingerprint density at radius 2 is 2.10 bits per heavy atom. The van der Waals surface area contributed by atoms with Crippen molar-refractivity contribution in [2.75, 3.05) is 0 Å². The molecule has 0 spiro atoms. The second kappa shape index (κ2) is 5.61. The molecule has 3 rings (SSSR count). The minimum Gasteiger partial charge on any atom is -0.323 e. The van der Waals surface area contributed by atoms with Crippen LogP contribution in [-0.4, -0.2) is 20.0 Å². The van der Waals surface area contributed by atoms with E-state index >= 15 is 0 Å². The first-order chi connectivity index (χ1) is 10.2. The van der Waals surface area contributed by atoms with Crippen LogP contribution in [0.5, 0.6) is 0 Å². The predicted octanol–water partition coefficient (Wildman–Crippen LogP) is 2.92. The molecule has 0 aliphatic carbocycles. The van der Waals surface area contributed by atoms with E-state index in [-0.39, 0.29) is 6.04 Å². The van der Waals surface area contributed by atoms with Crippen LogP contribution in [0.4, 0.5) is 0 Å². The molecule has 108 valence electrons. The SMILES string of the molecule is CCCC(N)c1cn(-c2cccc3ccc(C)nc23)nn1. The molecule has 1 aromatic carbocycles. The second-order valence-electron chi connectivity index (χ2n) is 5.28. The van der Waals surface area contributed by atoms with E-state index in [0.717, 1.165) is 40.8 Å². The van der Waals surface area contributed by atoms with Crippen molar-refractivity contribution in [2.45, 2.75) is 32.7 Å². The van der Waals surface area contributed by atoms with Gasteiger partial charge in [-0.05, 0) is 25.5 Å². The number of para-hydroxylation sites is 1. The molecule has 0 saturated carbocycles. The summed E-state index contributed by atoms with van der Waals surface area (Å²) in [7, 11) is 0. The lowest BCUT2D eigenvalue weighted by molar-refractivity contribution is 0.619. The number of hydrogen-bond donors (Lipinski definition) is 1. The third kappa shape index (κ3) is 2.64. The zero-order valence-electron chi connectivity index (χ0n) is 12.3. The molecule has 0 bridgehead atoms. The molecule has 2 heterocycles. The molecule has 5 heteroatoms. The summed E-state index contributed by atoms with van der Waals surface area (Å²) in [5, 5.41) is 9.51. The van der Waals surface area contributed by atoms with Crippen LogP contribution in [0.15, 0.2) is 36.5 Å². The number of nitrogens with two attached hydrogens (primary N) is 1. The number of rotatable bonds is 4. The zero-order chi connectivity index (χ0) is 14.8. The monoisotopic (exact) mass is 281 g/mol. The van der Waals surface area contributed by atoms with Gasteiger partial charge in [-0.1, -0.05) is 36.8 Å². The molecule has 2 N–H and O–H groups in total. The second-order valence-corrected chi connectivity index (χ2v) is 5.28. The third-order valence-corrected chi connectivity index (χ3v) is 3.58. The van der Waals surface area contributed by atoms with Gasteiger partial charge in [0.15, 0.2) is 0 Å². The van der Waals surface area contributed by atoms with Gasteiger partial charge in [-0.15, -0.1) is 5.10 Å². The van der Waals surface area contributed by atoms with Gasteiger partial charge in [0.2, 0.25) is 0 Å². The first kappa shape index (κ1) is 13.7. The highest BCUT2D eigenvalue weighted by molar-refractivity contribution is 5.86. The van der Waals surface area contributed by atoms with Gasteiger partial charge in [-0.2, -0.15) is 0 Å². The maximum Gasteiger partial charge on any atom is 0.0998 e. The molecule has 0 aliphatic rings. The average molecular weight is 281 g/mol. The first-order valence-corrected chi connectivity index (χ1v) is 7.23. The average Bonchev–Trinajstić information content (AvgIpc) is 2.96. The van der Waals surface area contributed by atoms with Crippen molar-refractivity contribution in [1.29, 1.82) is 0 Å². The molecular formula is C16H19N5. The Balaban J connectivity index is 2.06. The molecule has 0 amide bonds. The third-order valence-electron chi connectivity index (χ3n) is 3.58. The van der Waals surface area contributed by atoms with Crippen molar-refractivity contribution in [3.8, 4) is 5.69 Å². The van der Waals surface area contributed by atoms with Crippen molar-refractivity contribution in [2.24, 2.45) is 5.73 Å². The highest BCUT2D eigenvalue weighted by Crippen LogP contribution is 2.21. The lowest BCUT2D eigenvalue weighted by atomic mass is 10.1. The Kier molecular flexibility index (Phi) is 3.66. The summed E-state index contributed by atoms with van der Waals surface area (Å²) in [5.74, 6) is 0. The summed E-state index contributed by atoms with van der Waals surface area (Å²) >= 11 is 0. The van der Waals surface area contributed by atoms with Gasteiger partial charge >= 0.3 is 0 Å². The normalized spacial score (nSPS) is 12.7. The summed E-state index contributed by atoms with van der Waals surface area (Å²) in [5.41, 5.74) is 9.77. The summed E-state index contributed by atoms with van der Waals surface area (Å²) < 4.78 is 1.76. The molecule has 3 aromatic rings. The van der Waals surface area contributed by atoms with Crippen LogP contribution in [0.1, 0.15) is 37.2 Å². The largest absolute Gasteiger partial charge is 0.323 e. The molecular weight excluding hydrogens is 262 g/mol. The van der Waals surface area contributed by atoms with Crippen LogP contribution >= 0.6 is 0 Å². The predicted molar refractivity (Wildman–Crippen MR) is 83.2 cm³/mol. The first-order valence-electron chi connectivity index (χ1n) is 7.23. The topological polar surface area (TPSA) is 69.6 Å². The smallest absolute Gasteiger partial charge is 0.0998 e. The fraction of sp³-hybridized carbons (Fsp3) is 0.312. The fourth-order valence-electron chi connectivity index (χ4n) is 2.44.